The molecule has 2 rings (SSSR count). The molecule has 0 aromatic heterocycles. The summed E-state index contributed by atoms with van der Waals surface area (Å²) in [6, 6.07) is 0.379. The first-order valence-electron chi connectivity index (χ1n) is 6.42. The number of nitrogens with two attached hydrogens (primary N) is 1. The maximum atomic E-state index is 12.3. The van der Waals surface area contributed by atoms with Crippen molar-refractivity contribution in [1.82, 2.24) is 0 Å². The zero-order valence-electron chi connectivity index (χ0n) is 9.49. The summed E-state index contributed by atoms with van der Waals surface area (Å²) in [6.07, 6.45) is 10.7. The van der Waals surface area contributed by atoms with E-state index >= 15 is 0 Å². The molecule has 0 saturated heterocycles. The van der Waals surface area contributed by atoms with E-state index in [1.54, 1.807) is 0 Å². The highest BCUT2D eigenvalue weighted by atomic mass is 32.2. The van der Waals surface area contributed by atoms with Crippen LogP contribution >= 0.6 is 0 Å². The molecule has 2 saturated carbocycles. The van der Waals surface area contributed by atoms with Crippen LogP contribution in [0, 0.1) is 0 Å². The summed E-state index contributed by atoms with van der Waals surface area (Å²) in [5.41, 5.74) is 5.88. The van der Waals surface area contributed by atoms with Crippen LogP contribution in [0.4, 0.5) is 0 Å². The third kappa shape index (κ3) is 3.04. The van der Waals surface area contributed by atoms with Gasteiger partial charge in [-0.1, -0.05) is 19.3 Å². The lowest BCUT2D eigenvalue weighted by Crippen LogP contribution is -2.35. The molecule has 0 heterocycles. The highest BCUT2D eigenvalue weighted by Gasteiger charge is 2.29. The van der Waals surface area contributed by atoms with Crippen molar-refractivity contribution in [3.8, 4) is 0 Å². The van der Waals surface area contributed by atoms with Crippen molar-refractivity contribution in [3.63, 3.8) is 0 Å². The molecule has 1 unspecified atom stereocenters. The minimum absolute atomic E-state index is 0.379. The van der Waals surface area contributed by atoms with E-state index in [0.29, 0.717) is 16.5 Å². The molecule has 0 amide bonds. The average Bonchev–Trinajstić information content (AvgIpc) is 2.30. The maximum absolute atomic E-state index is 12.3. The molecule has 88 valence electrons. The minimum Gasteiger partial charge on any atom is -0.328 e. The van der Waals surface area contributed by atoms with Gasteiger partial charge in [-0.2, -0.15) is 0 Å². The summed E-state index contributed by atoms with van der Waals surface area (Å²) >= 11 is 0. The Kier molecular flexibility index (Phi) is 4.21. The smallest absolute Gasteiger partial charge is 0.0352 e. The number of hydrogen-bond donors (Lipinski definition) is 1. The predicted molar refractivity (Wildman–Crippen MR) is 65.2 cm³/mol. The van der Waals surface area contributed by atoms with Gasteiger partial charge in [-0.15, -0.1) is 0 Å². The van der Waals surface area contributed by atoms with Crippen molar-refractivity contribution in [3.05, 3.63) is 0 Å². The van der Waals surface area contributed by atoms with Crippen LogP contribution in [0.1, 0.15) is 57.8 Å². The van der Waals surface area contributed by atoms with Crippen LogP contribution in [0.3, 0.4) is 0 Å². The van der Waals surface area contributed by atoms with Gasteiger partial charge in [-0.25, -0.2) is 0 Å². The molecule has 2 fully saturated rings. The normalized spacial score (nSPS) is 36.3. The van der Waals surface area contributed by atoms with Crippen molar-refractivity contribution in [2.75, 3.05) is 0 Å². The summed E-state index contributed by atoms with van der Waals surface area (Å²) in [4.78, 5) is 0. The van der Waals surface area contributed by atoms with Crippen molar-refractivity contribution in [1.29, 1.82) is 0 Å². The van der Waals surface area contributed by atoms with Crippen molar-refractivity contribution in [2.45, 2.75) is 74.3 Å². The van der Waals surface area contributed by atoms with Gasteiger partial charge in [0.1, 0.15) is 0 Å². The summed E-state index contributed by atoms with van der Waals surface area (Å²) in [7, 11) is -0.563. The fourth-order valence-electron chi connectivity index (χ4n) is 2.89. The van der Waals surface area contributed by atoms with Crippen LogP contribution in [0.25, 0.3) is 0 Å². The molecule has 2 nitrogen and oxygen atoms in total. The topological polar surface area (TPSA) is 43.1 Å². The predicted octanol–water partition coefficient (Wildman–Crippen LogP) is 2.34. The van der Waals surface area contributed by atoms with E-state index in [0.717, 1.165) is 25.7 Å². The van der Waals surface area contributed by atoms with E-state index in [9.17, 15) is 4.21 Å². The SMILES string of the molecule is NC1CCC(S(=O)C2CCCCC2)CC1. The molecular formula is C12H23NOS. The molecule has 15 heavy (non-hydrogen) atoms. The Hall–Kier alpha value is 0.110. The monoisotopic (exact) mass is 229 g/mol. The number of hydrogen-bond acceptors (Lipinski definition) is 2. The Bertz CT molecular complexity index is 218. The molecule has 1 atom stereocenters. The van der Waals surface area contributed by atoms with E-state index in [2.05, 4.69) is 0 Å². The van der Waals surface area contributed by atoms with Crippen LogP contribution in [0.2, 0.25) is 0 Å². The third-order valence-corrected chi connectivity index (χ3v) is 6.19. The second-order valence-corrected chi connectivity index (χ2v) is 7.12. The molecule has 0 spiro atoms. The molecule has 2 aliphatic rings. The fourth-order valence-corrected chi connectivity index (χ4v) is 4.97. The Morgan fingerprint density at radius 1 is 0.800 bits per heavy atom. The van der Waals surface area contributed by atoms with Crippen molar-refractivity contribution >= 4 is 10.8 Å². The standard InChI is InChI=1S/C12H23NOS/c13-10-6-8-12(9-7-10)15(14)11-4-2-1-3-5-11/h10-12H,1-9,13H2. The van der Waals surface area contributed by atoms with Crippen LogP contribution in [-0.4, -0.2) is 20.8 Å². The molecule has 0 aromatic carbocycles. The lowest BCUT2D eigenvalue weighted by atomic mass is 9.96. The minimum atomic E-state index is -0.563. The van der Waals surface area contributed by atoms with E-state index in [4.69, 9.17) is 5.73 Å². The second-order valence-electron chi connectivity index (χ2n) is 5.13. The largest absolute Gasteiger partial charge is 0.328 e. The molecule has 0 bridgehead atoms. The molecular weight excluding hydrogens is 206 g/mol. The average molecular weight is 229 g/mol. The summed E-state index contributed by atoms with van der Waals surface area (Å²) in [5, 5.41) is 0.978. The zero-order chi connectivity index (χ0) is 10.7. The van der Waals surface area contributed by atoms with Crippen LogP contribution in [0.15, 0.2) is 0 Å². The van der Waals surface area contributed by atoms with E-state index in [1.165, 1.54) is 32.1 Å². The van der Waals surface area contributed by atoms with Crippen LogP contribution < -0.4 is 5.73 Å². The van der Waals surface area contributed by atoms with Gasteiger partial charge in [0.05, 0.1) is 0 Å². The summed E-state index contributed by atoms with van der Waals surface area (Å²) < 4.78 is 12.3. The van der Waals surface area contributed by atoms with Crippen molar-refractivity contribution < 1.29 is 4.21 Å². The molecule has 0 aromatic rings. The van der Waals surface area contributed by atoms with Crippen LogP contribution in [0.5, 0.6) is 0 Å². The van der Waals surface area contributed by atoms with Gasteiger partial charge in [-0.3, -0.25) is 4.21 Å². The zero-order valence-corrected chi connectivity index (χ0v) is 10.3. The van der Waals surface area contributed by atoms with Gasteiger partial charge < -0.3 is 5.73 Å². The fraction of sp³-hybridized carbons (Fsp3) is 1.00. The first-order chi connectivity index (χ1) is 7.27. The molecule has 0 radical (unpaired) electrons. The Morgan fingerprint density at radius 2 is 1.33 bits per heavy atom. The first kappa shape index (κ1) is 11.6. The van der Waals surface area contributed by atoms with Crippen molar-refractivity contribution in [2.24, 2.45) is 5.73 Å². The van der Waals surface area contributed by atoms with E-state index in [-0.39, 0.29) is 0 Å². The lowest BCUT2D eigenvalue weighted by Gasteiger charge is -2.30. The third-order valence-electron chi connectivity index (χ3n) is 3.93. The van der Waals surface area contributed by atoms with Gasteiger partial charge in [0.2, 0.25) is 0 Å². The Morgan fingerprint density at radius 3 is 1.93 bits per heavy atom. The van der Waals surface area contributed by atoms with Gasteiger partial charge in [0.15, 0.2) is 0 Å². The summed E-state index contributed by atoms with van der Waals surface area (Å²) in [6.45, 7) is 0. The summed E-state index contributed by atoms with van der Waals surface area (Å²) in [5.74, 6) is 0. The van der Waals surface area contributed by atoms with Crippen LogP contribution in [-0.2, 0) is 10.8 Å². The maximum Gasteiger partial charge on any atom is 0.0352 e. The van der Waals surface area contributed by atoms with Gasteiger partial charge in [-0.05, 0) is 38.5 Å². The highest BCUT2D eigenvalue weighted by molar-refractivity contribution is 7.86. The van der Waals surface area contributed by atoms with E-state index < -0.39 is 10.8 Å². The van der Waals surface area contributed by atoms with Gasteiger partial charge in [0.25, 0.3) is 0 Å². The highest BCUT2D eigenvalue weighted by Crippen LogP contribution is 2.29. The molecule has 2 aliphatic carbocycles. The lowest BCUT2D eigenvalue weighted by molar-refractivity contribution is 0.436. The number of rotatable bonds is 2. The first-order valence-corrected chi connectivity index (χ1v) is 7.70. The second kappa shape index (κ2) is 5.44. The molecule has 0 aliphatic heterocycles. The molecule has 3 heteroatoms. The molecule has 2 N–H and O–H groups in total. The van der Waals surface area contributed by atoms with E-state index in [1.807, 2.05) is 0 Å². The quantitative estimate of drug-likeness (QED) is 0.790. The Balaban J connectivity index is 1.84. The Labute approximate surface area is 95.5 Å². The van der Waals surface area contributed by atoms with Gasteiger partial charge in [0, 0.05) is 27.3 Å². The van der Waals surface area contributed by atoms with Gasteiger partial charge >= 0.3 is 0 Å².